The van der Waals surface area contributed by atoms with Gasteiger partial charge in [0.1, 0.15) is 0 Å². The fourth-order valence-electron chi connectivity index (χ4n) is 3.89. The summed E-state index contributed by atoms with van der Waals surface area (Å²) >= 11 is 0. The van der Waals surface area contributed by atoms with E-state index in [1.165, 1.54) is 63.2 Å². The first kappa shape index (κ1) is 19.1. The Morgan fingerprint density at radius 2 is 0.962 bits per heavy atom. The van der Waals surface area contributed by atoms with Gasteiger partial charge in [-0.25, -0.2) is 0 Å². The summed E-state index contributed by atoms with van der Waals surface area (Å²) in [5.74, 6) is 1.31. The molecule has 0 bridgehead atoms. The summed E-state index contributed by atoms with van der Waals surface area (Å²) in [6, 6.07) is 21.9. The highest BCUT2D eigenvalue weighted by atomic mass is 15.3. The first-order valence-corrected chi connectivity index (χ1v) is 10.3. The predicted octanol–water partition coefficient (Wildman–Crippen LogP) is 4.99. The summed E-state index contributed by atoms with van der Waals surface area (Å²) in [6.45, 7) is 12.1. The molecule has 1 fully saturated rings. The molecule has 0 aromatic heterocycles. The number of piperazine rings is 1. The Hall–Kier alpha value is -1.64. The van der Waals surface area contributed by atoms with Gasteiger partial charge < -0.3 is 9.80 Å². The van der Waals surface area contributed by atoms with Crippen LogP contribution >= 0.6 is 0 Å². The second-order valence-corrected chi connectivity index (χ2v) is 7.88. The zero-order valence-electron chi connectivity index (χ0n) is 16.5. The van der Waals surface area contributed by atoms with Gasteiger partial charge in [-0.2, -0.15) is 0 Å². The van der Waals surface area contributed by atoms with Gasteiger partial charge in [-0.05, 0) is 48.9 Å². The molecular weight excluding hydrogens is 316 g/mol. The number of hydrogen-bond donors (Lipinski definition) is 0. The molecule has 2 atom stereocenters. The fraction of sp³-hybridized carbons (Fsp3) is 0.500. The lowest BCUT2D eigenvalue weighted by atomic mass is 9.97. The van der Waals surface area contributed by atoms with Crippen molar-refractivity contribution in [1.82, 2.24) is 9.80 Å². The third kappa shape index (κ3) is 5.69. The van der Waals surface area contributed by atoms with Gasteiger partial charge in [-0.3, -0.25) is 0 Å². The highest BCUT2D eigenvalue weighted by Crippen LogP contribution is 2.21. The van der Waals surface area contributed by atoms with Crippen molar-refractivity contribution in [3.63, 3.8) is 0 Å². The van der Waals surface area contributed by atoms with Crippen LogP contribution in [-0.2, 0) is 0 Å². The average molecular weight is 351 g/mol. The summed E-state index contributed by atoms with van der Waals surface area (Å²) < 4.78 is 0. The molecule has 1 saturated heterocycles. The molecule has 1 aliphatic rings. The van der Waals surface area contributed by atoms with Gasteiger partial charge in [0.05, 0.1) is 0 Å². The predicted molar refractivity (Wildman–Crippen MR) is 112 cm³/mol. The van der Waals surface area contributed by atoms with Crippen LogP contribution in [0.3, 0.4) is 0 Å². The minimum Gasteiger partial charge on any atom is -0.301 e. The Bertz CT molecular complexity index is 560. The standard InChI is InChI=1S/C24H34N2/c1-21(23-9-5-3-6-10-23)13-15-25-17-19-26(20-18-25)16-14-22(2)24-11-7-4-8-12-24/h3-12,21-22H,13-20H2,1-2H3. The minimum absolute atomic E-state index is 0.654. The first-order valence-electron chi connectivity index (χ1n) is 10.3. The van der Waals surface area contributed by atoms with E-state index >= 15 is 0 Å². The molecule has 26 heavy (non-hydrogen) atoms. The molecule has 2 aromatic carbocycles. The van der Waals surface area contributed by atoms with Crippen LogP contribution in [0.4, 0.5) is 0 Å². The van der Waals surface area contributed by atoms with Crippen LogP contribution in [0.15, 0.2) is 60.7 Å². The molecule has 140 valence electrons. The van der Waals surface area contributed by atoms with Gasteiger partial charge in [-0.1, -0.05) is 74.5 Å². The van der Waals surface area contributed by atoms with Crippen molar-refractivity contribution >= 4 is 0 Å². The fourth-order valence-corrected chi connectivity index (χ4v) is 3.89. The summed E-state index contributed by atoms with van der Waals surface area (Å²) in [5, 5.41) is 0. The first-order chi connectivity index (χ1) is 12.7. The van der Waals surface area contributed by atoms with Crippen molar-refractivity contribution in [1.29, 1.82) is 0 Å². The maximum Gasteiger partial charge on any atom is 0.0110 e. The Kier molecular flexibility index (Phi) is 7.28. The van der Waals surface area contributed by atoms with E-state index in [4.69, 9.17) is 0 Å². The highest BCUT2D eigenvalue weighted by Gasteiger charge is 2.18. The van der Waals surface area contributed by atoms with Crippen LogP contribution in [0.5, 0.6) is 0 Å². The van der Waals surface area contributed by atoms with Gasteiger partial charge in [0.25, 0.3) is 0 Å². The largest absolute Gasteiger partial charge is 0.301 e. The minimum atomic E-state index is 0.654. The van der Waals surface area contributed by atoms with E-state index in [-0.39, 0.29) is 0 Å². The van der Waals surface area contributed by atoms with Crippen LogP contribution in [0.2, 0.25) is 0 Å². The van der Waals surface area contributed by atoms with E-state index in [1.807, 2.05) is 0 Å². The third-order valence-electron chi connectivity index (χ3n) is 5.96. The number of benzene rings is 2. The van der Waals surface area contributed by atoms with E-state index < -0.39 is 0 Å². The quantitative estimate of drug-likeness (QED) is 0.661. The van der Waals surface area contributed by atoms with Crippen LogP contribution < -0.4 is 0 Å². The molecule has 3 rings (SSSR count). The van der Waals surface area contributed by atoms with Crippen LogP contribution in [0, 0.1) is 0 Å². The molecule has 2 unspecified atom stereocenters. The molecule has 0 amide bonds. The molecule has 1 heterocycles. The lowest BCUT2D eigenvalue weighted by molar-refractivity contribution is 0.127. The molecule has 0 aliphatic carbocycles. The van der Waals surface area contributed by atoms with Gasteiger partial charge in [-0.15, -0.1) is 0 Å². The van der Waals surface area contributed by atoms with Crippen molar-refractivity contribution < 1.29 is 0 Å². The van der Waals surface area contributed by atoms with Crippen molar-refractivity contribution in [2.45, 2.75) is 38.5 Å². The van der Waals surface area contributed by atoms with E-state index in [1.54, 1.807) is 0 Å². The molecule has 0 radical (unpaired) electrons. The Morgan fingerprint density at radius 3 is 1.31 bits per heavy atom. The van der Waals surface area contributed by atoms with E-state index in [9.17, 15) is 0 Å². The average Bonchev–Trinajstić information content (AvgIpc) is 2.72. The molecule has 0 spiro atoms. The van der Waals surface area contributed by atoms with Crippen molar-refractivity contribution in [3.8, 4) is 0 Å². The molecule has 0 N–H and O–H groups in total. The van der Waals surface area contributed by atoms with Crippen molar-refractivity contribution in [3.05, 3.63) is 71.8 Å². The third-order valence-corrected chi connectivity index (χ3v) is 5.96. The number of hydrogen-bond acceptors (Lipinski definition) is 2. The number of rotatable bonds is 8. The van der Waals surface area contributed by atoms with Gasteiger partial charge >= 0.3 is 0 Å². The lowest BCUT2D eigenvalue weighted by Gasteiger charge is -2.35. The summed E-state index contributed by atoms with van der Waals surface area (Å²) in [6.07, 6.45) is 2.52. The topological polar surface area (TPSA) is 6.48 Å². The monoisotopic (exact) mass is 350 g/mol. The Morgan fingerprint density at radius 1 is 0.615 bits per heavy atom. The van der Waals surface area contributed by atoms with E-state index in [0.29, 0.717) is 11.8 Å². The summed E-state index contributed by atoms with van der Waals surface area (Å²) in [4.78, 5) is 5.30. The zero-order valence-corrected chi connectivity index (χ0v) is 16.5. The van der Waals surface area contributed by atoms with Crippen molar-refractivity contribution in [2.75, 3.05) is 39.3 Å². The molecule has 2 nitrogen and oxygen atoms in total. The van der Waals surface area contributed by atoms with E-state index in [2.05, 4.69) is 84.3 Å². The summed E-state index contributed by atoms with van der Waals surface area (Å²) in [7, 11) is 0. The lowest BCUT2D eigenvalue weighted by Crippen LogP contribution is -2.47. The molecule has 2 aromatic rings. The highest BCUT2D eigenvalue weighted by molar-refractivity contribution is 5.19. The zero-order chi connectivity index (χ0) is 18.2. The molecular formula is C24H34N2. The molecule has 2 heteroatoms. The smallest absolute Gasteiger partial charge is 0.0110 e. The van der Waals surface area contributed by atoms with Crippen LogP contribution in [-0.4, -0.2) is 49.1 Å². The molecule has 1 aliphatic heterocycles. The van der Waals surface area contributed by atoms with Crippen LogP contribution in [0.1, 0.15) is 49.7 Å². The maximum atomic E-state index is 2.65. The maximum absolute atomic E-state index is 2.65. The summed E-state index contributed by atoms with van der Waals surface area (Å²) in [5.41, 5.74) is 2.95. The van der Waals surface area contributed by atoms with Crippen LogP contribution in [0.25, 0.3) is 0 Å². The van der Waals surface area contributed by atoms with Gasteiger partial charge in [0.15, 0.2) is 0 Å². The Balaban J connectivity index is 1.34. The van der Waals surface area contributed by atoms with E-state index in [0.717, 1.165) is 0 Å². The van der Waals surface area contributed by atoms with Gasteiger partial charge in [0, 0.05) is 26.2 Å². The SMILES string of the molecule is CC(CCN1CCN(CCC(C)c2ccccc2)CC1)c1ccccc1. The second kappa shape index (κ2) is 9.89. The normalized spacial score (nSPS) is 18.5. The Labute approximate surface area is 159 Å². The number of nitrogens with zero attached hydrogens (tertiary/aromatic N) is 2. The van der Waals surface area contributed by atoms with Gasteiger partial charge in [0.2, 0.25) is 0 Å². The second-order valence-electron chi connectivity index (χ2n) is 7.88. The molecule has 0 saturated carbocycles. The van der Waals surface area contributed by atoms with Crippen molar-refractivity contribution in [2.24, 2.45) is 0 Å².